The van der Waals surface area contributed by atoms with E-state index in [4.69, 9.17) is 0 Å². The van der Waals surface area contributed by atoms with Crippen LogP contribution in [0.15, 0.2) is 67.0 Å². The Morgan fingerprint density at radius 2 is 1.74 bits per heavy atom. The molecule has 0 fully saturated rings. The fourth-order valence-electron chi connectivity index (χ4n) is 3.27. The van der Waals surface area contributed by atoms with Crippen molar-refractivity contribution in [3.8, 4) is 11.4 Å². The molecule has 0 atom stereocenters. The van der Waals surface area contributed by atoms with Gasteiger partial charge in [0.15, 0.2) is 5.82 Å². The van der Waals surface area contributed by atoms with Gasteiger partial charge in [0.25, 0.3) is 0 Å². The molecule has 9 heteroatoms. The summed E-state index contributed by atoms with van der Waals surface area (Å²) in [7, 11) is 4.02. The molecule has 0 saturated carbocycles. The summed E-state index contributed by atoms with van der Waals surface area (Å²) in [5.41, 5.74) is 4.72. The highest BCUT2D eigenvalue weighted by Crippen LogP contribution is 2.28. The van der Waals surface area contributed by atoms with Crippen molar-refractivity contribution in [3.05, 3.63) is 67.0 Å². The number of H-pyrrole nitrogens is 2. The van der Waals surface area contributed by atoms with Gasteiger partial charge in [-0.2, -0.15) is 5.10 Å². The second-order valence-corrected chi connectivity index (χ2v) is 7.29. The van der Waals surface area contributed by atoms with Gasteiger partial charge in [0.05, 0.1) is 17.3 Å². The van der Waals surface area contributed by atoms with Crippen LogP contribution in [0.4, 0.5) is 28.8 Å². The van der Waals surface area contributed by atoms with Crippen molar-refractivity contribution < 1.29 is 0 Å². The van der Waals surface area contributed by atoms with Gasteiger partial charge in [0, 0.05) is 42.7 Å². The number of pyridine rings is 1. The maximum Gasteiger partial charge on any atom is 0.226 e. The zero-order valence-corrected chi connectivity index (χ0v) is 17.1. The number of aromatic amines is 2. The van der Waals surface area contributed by atoms with Gasteiger partial charge < -0.3 is 20.5 Å². The number of anilines is 5. The van der Waals surface area contributed by atoms with Crippen LogP contribution in [-0.2, 0) is 0 Å². The highest BCUT2D eigenvalue weighted by atomic mass is 15.3. The Balaban J connectivity index is 1.38. The van der Waals surface area contributed by atoms with Crippen LogP contribution in [0.25, 0.3) is 22.3 Å². The van der Waals surface area contributed by atoms with Gasteiger partial charge >= 0.3 is 0 Å². The molecule has 5 rings (SSSR count). The van der Waals surface area contributed by atoms with E-state index >= 15 is 0 Å². The number of hydrogen-bond acceptors (Lipinski definition) is 7. The van der Waals surface area contributed by atoms with E-state index < -0.39 is 0 Å². The van der Waals surface area contributed by atoms with E-state index in [1.807, 2.05) is 68.7 Å². The van der Waals surface area contributed by atoms with E-state index in [9.17, 15) is 0 Å². The molecule has 4 N–H and O–H groups in total. The molecule has 3 heterocycles. The Hall–Kier alpha value is -4.40. The lowest BCUT2D eigenvalue weighted by Crippen LogP contribution is -2.08. The molecule has 0 aliphatic heterocycles. The SMILES string of the molecule is CN(C)c1ccc(Nc2nnc(-c3cccnc3Nc3ccc4cn[nH]c4c3)[nH]2)cc1. The van der Waals surface area contributed by atoms with Crippen LogP contribution in [-0.4, -0.2) is 44.5 Å². The first-order chi connectivity index (χ1) is 15.2. The lowest BCUT2D eigenvalue weighted by atomic mass is 10.2. The summed E-state index contributed by atoms with van der Waals surface area (Å²) < 4.78 is 0. The lowest BCUT2D eigenvalue weighted by molar-refractivity contribution is 1.09. The van der Waals surface area contributed by atoms with E-state index in [1.165, 1.54) is 0 Å². The van der Waals surface area contributed by atoms with Crippen molar-refractivity contribution in [2.45, 2.75) is 0 Å². The summed E-state index contributed by atoms with van der Waals surface area (Å²) in [6, 6.07) is 17.9. The van der Waals surface area contributed by atoms with E-state index in [2.05, 4.69) is 45.9 Å². The van der Waals surface area contributed by atoms with Gasteiger partial charge in [-0.05, 0) is 54.6 Å². The fourth-order valence-corrected chi connectivity index (χ4v) is 3.27. The number of fused-ring (bicyclic) bond motifs is 1. The van der Waals surface area contributed by atoms with Crippen LogP contribution in [0, 0.1) is 0 Å². The topological polar surface area (TPSA) is 110 Å². The fraction of sp³-hybridized carbons (Fsp3) is 0.0909. The molecule has 154 valence electrons. The Morgan fingerprint density at radius 1 is 0.903 bits per heavy atom. The van der Waals surface area contributed by atoms with Crippen molar-refractivity contribution in [2.75, 3.05) is 29.6 Å². The lowest BCUT2D eigenvalue weighted by Gasteiger charge is -2.12. The average molecular weight is 411 g/mol. The second-order valence-electron chi connectivity index (χ2n) is 7.29. The number of rotatable bonds is 6. The summed E-state index contributed by atoms with van der Waals surface area (Å²) in [5.74, 6) is 1.85. The molecule has 0 unspecified atom stereocenters. The smallest absolute Gasteiger partial charge is 0.226 e. The van der Waals surface area contributed by atoms with E-state index in [0.717, 1.165) is 33.5 Å². The van der Waals surface area contributed by atoms with E-state index in [0.29, 0.717) is 17.6 Å². The number of nitrogens with zero attached hydrogens (tertiary/aromatic N) is 5. The van der Waals surface area contributed by atoms with Gasteiger partial charge in [0.1, 0.15) is 5.82 Å². The van der Waals surface area contributed by atoms with E-state index in [1.54, 1.807) is 12.4 Å². The summed E-state index contributed by atoms with van der Waals surface area (Å²) in [6.07, 6.45) is 3.53. The molecule has 0 amide bonds. The highest BCUT2D eigenvalue weighted by Gasteiger charge is 2.12. The number of benzene rings is 2. The third kappa shape index (κ3) is 3.88. The van der Waals surface area contributed by atoms with Crippen LogP contribution >= 0.6 is 0 Å². The van der Waals surface area contributed by atoms with Crippen molar-refractivity contribution in [1.82, 2.24) is 30.4 Å². The molecule has 3 aromatic heterocycles. The van der Waals surface area contributed by atoms with Crippen LogP contribution in [0.2, 0.25) is 0 Å². The average Bonchev–Trinajstić information content (AvgIpc) is 3.44. The first-order valence-electron chi connectivity index (χ1n) is 9.78. The van der Waals surface area contributed by atoms with E-state index in [-0.39, 0.29) is 0 Å². The van der Waals surface area contributed by atoms with Crippen molar-refractivity contribution in [2.24, 2.45) is 0 Å². The molecule has 9 nitrogen and oxygen atoms in total. The summed E-state index contributed by atoms with van der Waals surface area (Å²) in [6.45, 7) is 0. The first kappa shape index (κ1) is 18.6. The van der Waals surface area contributed by atoms with Crippen LogP contribution in [0.3, 0.4) is 0 Å². The predicted molar refractivity (Wildman–Crippen MR) is 123 cm³/mol. The standard InChI is InChI=1S/C22H21N9/c1-31(2)17-9-7-15(8-10-17)26-22-27-21(29-30-22)18-4-3-11-23-20(18)25-16-6-5-14-13-24-28-19(14)12-16/h3-13H,1-2H3,(H,23,25)(H,24,28)(H2,26,27,29,30). The van der Waals surface area contributed by atoms with Crippen LogP contribution in [0.5, 0.6) is 0 Å². The molecular weight excluding hydrogens is 390 g/mol. The summed E-state index contributed by atoms with van der Waals surface area (Å²) in [5, 5.41) is 23.2. The largest absolute Gasteiger partial charge is 0.378 e. The Labute approximate surface area is 178 Å². The van der Waals surface area contributed by atoms with Gasteiger partial charge in [-0.15, -0.1) is 10.2 Å². The molecule has 0 aliphatic carbocycles. The third-order valence-electron chi connectivity index (χ3n) is 4.90. The monoisotopic (exact) mass is 411 g/mol. The molecule has 0 radical (unpaired) electrons. The molecule has 31 heavy (non-hydrogen) atoms. The Morgan fingerprint density at radius 3 is 2.58 bits per heavy atom. The quantitative estimate of drug-likeness (QED) is 0.330. The number of hydrogen-bond donors (Lipinski definition) is 4. The minimum absolute atomic E-state index is 0.557. The third-order valence-corrected chi connectivity index (χ3v) is 4.90. The van der Waals surface area contributed by atoms with Crippen molar-refractivity contribution >= 4 is 39.7 Å². The zero-order chi connectivity index (χ0) is 21.2. The van der Waals surface area contributed by atoms with Gasteiger partial charge in [-0.25, -0.2) is 4.98 Å². The molecule has 5 aromatic rings. The van der Waals surface area contributed by atoms with Gasteiger partial charge in [-0.3, -0.25) is 5.10 Å². The maximum atomic E-state index is 4.49. The van der Waals surface area contributed by atoms with Gasteiger partial charge in [-0.1, -0.05) is 0 Å². The molecule has 2 aromatic carbocycles. The van der Waals surface area contributed by atoms with Crippen LogP contribution < -0.4 is 15.5 Å². The number of nitrogens with one attached hydrogen (secondary N) is 4. The molecule has 0 bridgehead atoms. The number of aromatic nitrogens is 6. The molecule has 0 aliphatic rings. The van der Waals surface area contributed by atoms with Gasteiger partial charge in [0.2, 0.25) is 5.95 Å². The maximum absolute atomic E-state index is 4.49. The van der Waals surface area contributed by atoms with Crippen LogP contribution in [0.1, 0.15) is 0 Å². The Kier molecular flexibility index (Phi) is 4.68. The van der Waals surface area contributed by atoms with Crippen molar-refractivity contribution in [3.63, 3.8) is 0 Å². The minimum Gasteiger partial charge on any atom is -0.378 e. The normalized spacial score (nSPS) is 10.9. The zero-order valence-electron chi connectivity index (χ0n) is 17.1. The highest BCUT2D eigenvalue weighted by molar-refractivity contribution is 5.84. The summed E-state index contributed by atoms with van der Waals surface area (Å²) >= 11 is 0. The predicted octanol–water partition coefficient (Wildman–Crippen LogP) is 4.30. The molecule has 0 spiro atoms. The van der Waals surface area contributed by atoms with Crippen molar-refractivity contribution in [1.29, 1.82) is 0 Å². The minimum atomic E-state index is 0.557. The molecule has 0 saturated heterocycles. The summed E-state index contributed by atoms with van der Waals surface area (Å²) in [4.78, 5) is 9.77. The first-order valence-corrected chi connectivity index (χ1v) is 9.78. The molecular formula is C22H21N9. The second kappa shape index (κ2) is 7.79. The Bertz CT molecular complexity index is 1320.